The van der Waals surface area contributed by atoms with Crippen molar-refractivity contribution in [2.45, 2.75) is 32.2 Å². The lowest BCUT2D eigenvalue weighted by atomic mass is 9.92. The molecule has 0 aromatic carbocycles. The maximum absolute atomic E-state index is 11.8. The standard InChI is InChI=1S/C10H13BrN2O/c1-6-8(12)5-13(7-3-2-4-7)10(14)9(6)11/h5,7H,2-4,12H2,1H3. The molecule has 0 unspecified atom stereocenters. The first-order valence-electron chi connectivity index (χ1n) is 4.78. The maximum atomic E-state index is 11.8. The van der Waals surface area contributed by atoms with E-state index in [0.29, 0.717) is 16.2 Å². The molecule has 0 aliphatic heterocycles. The van der Waals surface area contributed by atoms with Gasteiger partial charge in [-0.25, -0.2) is 0 Å². The van der Waals surface area contributed by atoms with Crippen LogP contribution in [0.25, 0.3) is 0 Å². The van der Waals surface area contributed by atoms with Crippen molar-refractivity contribution >= 4 is 21.6 Å². The number of rotatable bonds is 1. The zero-order valence-corrected chi connectivity index (χ0v) is 9.67. The maximum Gasteiger partial charge on any atom is 0.265 e. The summed E-state index contributed by atoms with van der Waals surface area (Å²) in [5, 5.41) is 0. The molecular weight excluding hydrogens is 244 g/mol. The Kier molecular flexibility index (Phi) is 2.39. The van der Waals surface area contributed by atoms with Crippen LogP contribution in [-0.2, 0) is 0 Å². The molecule has 76 valence electrons. The molecule has 0 atom stereocenters. The predicted octanol–water partition coefficient (Wildman–Crippen LogP) is 2.23. The summed E-state index contributed by atoms with van der Waals surface area (Å²) in [6.07, 6.45) is 5.17. The molecule has 4 heteroatoms. The first-order chi connectivity index (χ1) is 6.61. The average molecular weight is 257 g/mol. The molecule has 1 aliphatic rings. The predicted molar refractivity (Wildman–Crippen MR) is 60.4 cm³/mol. The van der Waals surface area contributed by atoms with Crippen LogP contribution < -0.4 is 11.3 Å². The summed E-state index contributed by atoms with van der Waals surface area (Å²) in [5.41, 5.74) is 7.38. The molecule has 1 aromatic heterocycles. The monoisotopic (exact) mass is 256 g/mol. The zero-order valence-electron chi connectivity index (χ0n) is 8.09. The molecule has 1 heterocycles. The Hall–Kier alpha value is -0.770. The van der Waals surface area contributed by atoms with Crippen LogP contribution in [0, 0.1) is 6.92 Å². The Morgan fingerprint density at radius 3 is 2.71 bits per heavy atom. The van der Waals surface area contributed by atoms with E-state index in [-0.39, 0.29) is 5.56 Å². The second-order valence-corrected chi connectivity index (χ2v) is 4.61. The minimum Gasteiger partial charge on any atom is -0.397 e. The van der Waals surface area contributed by atoms with Crippen molar-refractivity contribution in [1.82, 2.24) is 4.57 Å². The van der Waals surface area contributed by atoms with Crippen molar-refractivity contribution < 1.29 is 0 Å². The molecule has 1 saturated carbocycles. The number of nitrogens with zero attached hydrogens (tertiary/aromatic N) is 1. The SMILES string of the molecule is Cc1c(N)cn(C2CCC2)c(=O)c1Br. The van der Waals surface area contributed by atoms with Crippen LogP contribution in [0.3, 0.4) is 0 Å². The molecule has 0 saturated heterocycles. The van der Waals surface area contributed by atoms with Crippen LogP contribution in [0.2, 0.25) is 0 Å². The lowest BCUT2D eigenvalue weighted by Gasteiger charge is -2.28. The molecule has 0 amide bonds. The Morgan fingerprint density at radius 1 is 1.57 bits per heavy atom. The van der Waals surface area contributed by atoms with E-state index in [1.807, 2.05) is 6.92 Å². The van der Waals surface area contributed by atoms with E-state index in [1.165, 1.54) is 6.42 Å². The van der Waals surface area contributed by atoms with Gasteiger partial charge in [0.2, 0.25) is 0 Å². The molecule has 3 nitrogen and oxygen atoms in total. The topological polar surface area (TPSA) is 48.0 Å². The summed E-state index contributed by atoms with van der Waals surface area (Å²) < 4.78 is 2.36. The normalized spacial score (nSPS) is 16.7. The summed E-state index contributed by atoms with van der Waals surface area (Å²) >= 11 is 3.29. The fourth-order valence-electron chi connectivity index (χ4n) is 1.64. The summed E-state index contributed by atoms with van der Waals surface area (Å²) in [4.78, 5) is 11.8. The van der Waals surface area contributed by atoms with E-state index in [4.69, 9.17) is 5.73 Å². The number of halogens is 1. The number of anilines is 1. The van der Waals surface area contributed by atoms with Gasteiger partial charge in [-0.05, 0) is 47.7 Å². The van der Waals surface area contributed by atoms with Crippen LogP contribution in [0.1, 0.15) is 30.9 Å². The summed E-state index contributed by atoms with van der Waals surface area (Å²) in [7, 11) is 0. The van der Waals surface area contributed by atoms with E-state index in [1.54, 1.807) is 10.8 Å². The lowest BCUT2D eigenvalue weighted by Crippen LogP contribution is -2.30. The third-order valence-electron chi connectivity index (χ3n) is 2.93. The number of nitrogen functional groups attached to an aromatic ring is 1. The minimum absolute atomic E-state index is 0.0430. The van der Waals surface area contributed by atoms with Gasteiger partial charge in [0.05, 0.1) is 10.2 Å². The largest absolute Gasteiger partial charge is 0.397 e. The number of aromatic nitrogens is 1. The Labute approximate surface area is 91.0 Å². The van der Waals surface area contributed by atoms with Crippen LogP contribution >= 0.6 is 15.9 Å². The molecule has 2 N–H and O–H groups in total. The Morgan fingerprint density at radius 2 is 2.21 bits per heavy atom. The van der Waals surface area contributed by atoms with Crippen LogP contribution in [-0.4, -0.2) is 4.57 Å². The van der Waals surface area contributed by atoms with Crippen molar-refractivity contribution in [1.29, 1.82) is 0 Å². The van der Waals surface area contributed by atoms with Crippen LogP contribution in [0.4, 0.5) is 5.69 Å². The highest BCUT2D eigenvalue weighted by atomic mass is 79.9. The smallest absolute Gasteiger partial charge is 0.265 e. The van der Waals surface area contributed by atoms with E-state index in [9.17, 15) is 4.79 Å². The van der Waals surface area contributed by atoms with Crippen LogP contribution in [0.15, 0.2) is 15.5 Å². The summed E-state index contributed by atoms with van der Waals surface area (Å²) in [6, 6.07) is 0.363. The quantitative estimate of drug-likeness (QED) is 0.838. The molecule has 1 aromatic rings. The van der Waals surface area contributed by atoms with Gasteiger partial charge in [0, 0.05) is 12.2 Å². The Balaban J connectivity index is 2.55. The Bertz CT molecular complexity index is 421. The second-order valence-electron chi connectivity index (χ2n) is 3.82. The number of pyridine rings is 1. The zero-order chi connectivity index (χ0) is 10.3. The molecule has 1 aliphatic carbocycles. The van der Waals surface area contributed by atoms with Crippen molar-refractivity contribution in [2.75, 3.05) is 5.73 Å². The average Bonchev–Trinajstić information content (AvgIpc) is 2.08. The molecule has 2 rings (SSSR count). The van der Waals surface area contributed by atoms with Crippen molar-refractivity contribution in [3.8, 4) is 0 Å². The van der Waals surface area contributed by atoms with Gasteiger partial charge >= 0.3 is 0 Å². The van der Waals surface area contributed by atoms with E-state index in [2.05, 4.69) is 15.9 Å². The minimum atomic E-state index is 0.0430. The van der Waals surface area contributed by atoms with Gasteiger partial charge in [-0.15, -0.1) is 0 Å². The first kappa shape index (κ1) is 9.77. The third kappa shape index (κ3) is 1.38. The molecule has 0 radical (unpaired) electrons. The highest BCUT2D eigenvalue weighted by Gasteiger charge is 2.22. The van der Waals surface area contributed by atoms with Gasteiger partial charge in [0.1, 0.15) is 0 Å². The highest BCUT2D eigenvalue weighted by Crippen LogP contribution is 2.31. The van der Waals surface area contributed by atoms with E-state index >= 15 is 0 Å². The summed E-state index contributed by atoms with van der Waals surface area (Å²) in [6.45, 7) is 1.85. The van der Waals surface area contributed by atoms with E-state index < -0.39 is 0 Å². The van der Waals surface area contributed by atoms with E-state index in [0.717, 1.165) is 18.4 Å². The first-order valence-corrected chi connectivity index (χ1v) is 5.57. The van der Waals surface area contributed by atoms with Crippen LogP contribution in [0.5, 0.6) is 0 Å². The lowest BCUT2D eigenvalue weighted by molar-refractivity contribution is 0.306. The number of hydrogen-bond donors (Lipinski definition) is 1. The molecule has 1 fully saturated rings. The molecule has 14 heavy (non-hydrogen) atoms. The third-order valence-corrected chi connectivity index (χ3v) is 3.86. The van der Waals surface area contributed by atoms with Gasteiger partial charge < -0.3 is 10.3 Å². The van der Waals surface area contributed by atoms with Gasteiger partial charge in [0.25, 0.3) is 5.56 Å². The van der Waals surface area contributed by atoms with Crippen molar-refractivity contribution in [2.24, 2.45) is 0 Å². The molecule has 0 bridgehead atoms. The molecule has 0 spiro atoms. The van der Waals surface area contributed by atoms with Gasteiger partial charge in [-0.1, -0.05) is 0 Å². The summed E-state index contributed by atoms with van der Waals surface area (Å²) in [5.74, 6) is 0. The fraction of sp³-hybridized carbons (Fsp3) is 0.500. The second kappa shape index (κ2) is 3.42. The fourth-order valence-corrected chi connectivity index (χ4v) is 2.08. The number of hydrogen-bond acceptors (Lipinski definition) is 2. The van der Waals surface area contributed by atoms with Crippen molar-refractivity contribution in [3.63, 3.8) is 0 Å². The van der Waals surface area contributed by atoms with Gasteiger partial charge in [-0.2, -0.15) is 0 Å². The van der Waals surface area contributed by atoms with Gasteiger partial charge in [0.15, 0.2) is 0 Å². The van der Waals surface area contributed by atoms with Crippen molar-refractivity contribution in [3.05, 3.63) is 26.6 Å². The molecular formula is C10H13BrN2O. The highest BCUT2D eigenvalue weighted by molar-refractivity contribution is 9.10. The number of nitrogens with two attached hydrogens (primary N) is 1. The van der Waals surface area contributed by atoms with Gasteiger partial charge in [-0.3, -0.25) is 4.79 Å².